The van der Waals surface area contributed by atoms with Crippen molar-refractivity contribution in [1.82, 2.24) is 10.3 Å². The number of nitrogens with zero attached hydrogens (tertiary/aromatic N) is 1. The van der Waals surface area contributed by atoms with Crippen molar-refractivity contribution >= 4 is 11.6 Å². The molecule has 1 saturated carbocycles. The van der Waals surface area contributed by atoms with E-state index < -0.39 is 0 Å². The van der Waals surface area contributed by atoms with Crippen molar-refractivity contribution in [3.63, 3.8) is 0 Å². The van der Waals surface area contributed by atoms with Crippen LogP contribution in [-0.2, 0) is 4.79 Å². The van der Waals surface area contributed by atoms with E-state index in [4.69, 9.17) is 0 Å². The maximum absolute atomic E-state index is 12.3. The van der Waals surface area contributed by atoms with Crippen LogP contribution in [0.15, 0.2) is 12.1 Å². The van der Waals surface area contributed by atoms with Crippen LogP contribution in [0.5, 0.6) is 0 Å². The highest BCUT2D eigenvalue weighted by molar-refractivity contribution is 5.93. The van der Waals surface area contributed by atoms with Crippen LogP contribution in [0, 0.1) is 25.7 Å². The molecule has 0 unspecified atom stereocenters. The Labute approximate surface area is 107 Å². The van der Waals surface area contributed by atoms with E-state index in [1.54, 1.807) is 0 Å². The number of fused-ring (bicyclic) bond motifs is 1. The third-order valence-corrected chi connectivity index (χ3v) is 4.04. The van der Waals surface area contributed by atoms with Gasteiger partial charge in [0.05, 0.1) is 11.4 Å². The van der Waals surface area contributed by atoms with Gasteiger partial charge in [-0.25, -0.2) is 0 Å². The lowest BCUT2D eigenvalue weighted by atomic mass is 9.95. The highest BCUT2D eigenvalue weighted by Gasteiger charge is 2.48. The first-order valence-electron chi connectivity index (χ1n) is 6.63. The van der Waals surface area contributed by atoms with Crippen molar-refractivity contribution in [3.05, 3.63) is 23.5 Å². The molecule has 2 heterocycles. The van der Waals surface area contributed by atoms with Gasteiger partial charge in [-0.05, 0) is 51.3 Å². The molecule has 1 saturated heterocycles. The number of amides is 1. The molecule has 1 aromatic heterocycles. The Morgan fingerprint density at radius 2 is 2.28 bits per heavy atom. The molecule has 2 N–H and O–H groups in total. The minimum absolute atomic E-state index is 0.165. The average Bonchev–Trinajstić information content (AvgIpc) is 3.11. The van der Waals surface area contributed by atoms with E-state index >= 15 is 0 Å². The minimum Gasteiger partial charge on any atom is -0.324 e. The number of aromatic nitrogens is 1. The van der Waals surface area contributed by atoms with Crippen molar-refractivity contribution in [2.45, 2.75) is 32.7 Å². The Balaban J connectivity index is 1.70. The molecule has 3 rings (SSSR count). The number of carbonyl (C=O) groups is 1. The van der Waals surface area contributed by atoms with Gasteiger partial charge in [0, 0.05) is 17.7 Å². The van der Waals surface area contributed by atoms with E-state index in [0.717, 1.165) is 36.5 Å². The highest BCUT2D eigenvalue weighted by Crippen LogP contribution is 2.42. The first-order chi connectivity index (χ1) is 8.65. The summed E-state index contributed by atoms with van der Waals surface area (Å²) < 4.78 is 0. The molecule has 0 bridgehead atoms. The lowest BCUT2D eigenvalue weighted by Gasteiger charge is -2.21. The van der Waals surface area contributed by atoms with Crippen LogP contribution in [0.25, 0.3) is 0 Å². The number of carbonyl (C=O) groups excluding carboxylic acids is 1. The standard InChI is InChI=1S/C14H19N3O/c1-8-3-4-12(9(2)16-8)17-14(18)10-5-6-15-13-7-11(10)13/h3-4,10-11,13,15H,5-7H2,1-2H3,(H,17,18)/t10-,11-,13-/m1/s1. The van der Waals surface area contributed by atoms with E-state index in [2.05, 4.69) is 15.6 Å². The van der Waals surface area contributed by atoms with Crippen molar-refractivity contribution in [2.24, 2.45) is 11.8 Å². The topological polar surface area (TPSA) is 54.0 Å². The van der Waals surface area contributed by atoms with Gasteiger partial charge in [-0.15, -0.1) is 0 Å². The molecule has 2 fully saturated rings. The van der Waals surface area contributed by atoms with Gasteiger partial charge in [0.1, 0.15) is 0 Å². The maximum atomic E-state index is 12.3. The molecule has 3 atom stereocenters. The lowest BCUT2D eigenvalue weighted by molar-refractivity contribution is -0.121. The number of rotatable bonds is 2. The number of pyridine rings is 1. The fourth-order valence-electron chi connectivity index (χ4n) is 2.90. The fourth-order valence-corrected chi connectivity index (χ4v) is 2.90. The number of hydrogen-bond acceptors (Lipinski definition) is 3. The largest absolute Gasteiger partial charge is 0.324 e. The average molecular weight is 245 g/mol. The van der Waals surface area contributed by atoms with E-state index in [9.17, 15) is 4.79 Å². The number of piperidine rings is 1. The van der Waals surface area contributed by atoms with E-state index in [1.807, 2.05) is 26.0 Å². The fraction of sp³-hybridized carbons (Fsp3) is 0.571. The second-order valence-electron chi connectivity index (χ2n) is 5.43. The van der Waals surface area contributed by atoms with Gasteiger partial charge in [0.25, 0.3) is 0 Å². The van der Waals surface area contributed by atoms with Crippen molar-refractivity contribution < 1.29 is 4.79 Å². The van der Waals surface area contributed by atoms with Crippen LogP contribution in [0.3, 0.4) is 0 Å². The quantitative estimate of drug-likeness (QED) is 0.832. The minimum atomic E-state index is 0.165. The third kappa shape index (κ3) is 2.12. The predicted octanol–water partition coefficient (Wildman–Crippen LogP) is 1.63. The van der Waals surface area contributed by atoms with Crippen LogP contribution in [-0.4, -0.2) is 23.5 Å². The molecule has 4 heteroatoms. The van der Waals surface area contributed by atoms with Gasteiger partial charge in [-0.1, -0.05) is 0 Å². The van der Waals surface area contributed by atoms with Gasteiger partial charge >= 0.3 is 0 Å². The Morgan fingerprint density at radius 1 is 1.44 bits per heavy atom. The first kappa shape index (κ1) is 11.7. The molecular weight excluding hydrogens is 226 g/mol. The Hall–Kier alpha value is -1.42. The summed E-state index contributed by atoms with van der Waals surface area (Å²) in [7, 11) is 0. The van der Waals surface area contributed by atoms with Gasteiger partial charge in [-0.2, -0.15) is 0 Å². The Kier molecular flexibility index (Phi) is 2.82. The molecule has 18 heavy (non-hydrogen) atoms. The molecule has 0 radical (unpaired) electrons. The molecule has 1 aliphatic heterocycles. The lowest BCUT2D eigenvalue weighted by Crippen LogP contribution is -2.36. The molecule has 0 aromatic carbocycles. The molecule has 1 aliphatic carbocycles. The zero-order valence-corrected chi connectivity index (χ0v) is 10.9. The third-order valence-electron chi connectivity index (χ3n) is 4.04. The maximum Gasteiger partial charge on any atom is 0.227 e. The van der Waals surface area contributed by atoms with Gasteiger partial charge in [0.15, 0.2) is 0 Å². The molecule has 1 aromatic rings. The summed E-state index contributed by atoms with van der Waals surface area (Å²) in [5.74, 6) is 0.896. The summed E-state index contributed by atoms with van der Waals surface area (Å²) >= 11 is 0. The molecule has 2 aliphatic rings. The zero-order valence-electron chi connectivity index (χ0n) is 10.9. The summed E-state index contributed by atoms with van der Waals surface area (Å²) in [5.41, 5.74) is 2.72. The second-order valence-corrected chi connectivity index (χ2v) is 5.43. The van der Waals surface area contributed by atoms with Crippen LogP contribution in [0.2, 0.25) is 0 Å². The normalized spacial score (nSPS) is 29.6. The molecule has 4 nitrogen and oxygen atoms in total. The zero-order chi connectivity index (χ0) is 12.7. The van der Waals surface area contributed by atoms with Crippen LogP contribution < -0.4 is 10.6 Å². The van der Waals surface area contributed by atoms with Crippen LogP contribution in [0.1, 0.15) is 24.2 Å². The number of hydrogen-bond donors (Lipinski definition) is 2. The second kappa shape index (κ2) is 4.35. The molecule has 96 valence electrons. The summed E-state index contributed by atoms with van der Waals surface area (Å²) in [4.78, 5) is 16.6. The smallest absolute Gasteiger partial charge is 0.227 e. The van der Waals surface area contributed by atoms with Crippen molar-refractivity contribution in [3.8, 4) is 0 Å². The molecule has 1 amide bonds. The van der Waals surface area contributed by atoms with Crippen molar-refractivity contribution in [2.75, 3.05) is 11.9 Å². The molecule has 0 spiro atoms. The monoisotopic (exact) mass is 245 g/mol. The van der Waals surface area contributed by atoms with Crippen molar-refractivity contribution in [1.29, 1.82) is 0 Å². The Bertz CT molecular complexity index is 486. The summed E-state index contributed by atoms with van der Waals surface area (Å²) in [6.07, 6.45) is 2.11. The SMILES string of the molecule is Cc1ccc(NC(=O)[C@@H]2CCN[C@@H]3C[C@@H]32)c(C)n1. The van der Waals surface area contributed by atoms with Gasteiger partial charge in [0.2, 0.25) is 5.91 Å². The van der Waals surface area contributed by atoms with Crippen LogP contribution >= 0.6 is 0 Å². The summed E-state index contributed by atoms with van der Waals surface area (Å²) in [6, 6.07) is 4.47. The van der Waals surface area contributed by atoms with Gasteiger partial charge < -0.3 is 10.6 Å². The summed E-state index contributed by atoms with van der Waals surface area (Å²) in [6.45, 7) is 4.86. The summed E-state index contributed by atoms with van der Waals surface area (Å²) in [5, 5.41) is 6.47. The number of nitrogens with one attached hydrogen (secondary N) is 2. The molecular formula is C14H19N3O. The first-order valence-corrected chi connectivity index (χ1v) is 6.63. The van der Waals surface area contributed by atoms with Crippen LogP contribution in [0.4, 0.5) is 5.69 Å². The highest BCUT2D eigenvalue weighted by atomic mass is 16.1. The van der Waals surface area contributed by atoms with Gasteiger partial charge in [-0.3, -0.25) is 9.78 Å². The predicted molar refractivity (Wildman–Crippen MR) is 70.3 cm³/mol. The number of aryl methyl sites for hydroxylation is 2. The van der Waals surface area contributed by atoms with E-state index in [-0.39, 0.29) is 11.8 Å². The van der Waals surface area contributed by atoms with E-state index in [1.165, 1.54) is 0 Å². The Morgan fingerprint density at radius 3 is 3.06 bits per heavy atom. The number of anilines is 1. The van der Waals surface area contributed by atoms with E-state index in [0.29, 0.717) is 12.0 Å².